The molecule has 1 heterocycles. The zero-order valence-corrected chi connectivity index (χ0v) is 10.6. The summed E-state index contributed by atoms with van der Waals surface area (Å²) in [6.45, 7) is 5.20. The highest BCUT2D eigenvalue weighted by Gasteiger charge is 2.32. The summed E-state index contributed by atoms with van der Waals surface area (Å²) in [6.07, 6.45) is 2.23. The summed E-state index contributed by atoms with van der Waals surface area (Å²) in [5, 5.41) is 3.46. The Kier molecular flexibility index (Phi) is 2.86. The molecular formula is C12H15BrFN. The number of nitrogens with one attached hydrogen (secondary N) is 1. The summed E-state index contributed by atoms with van der Waals surface area (Å²) in [5.41, 5.74) is 2.15. The molecule has 1 fully saturated rings. The number of halogens is 2. The van der Waals surface area contributed by atoms with Crippen LogP contribution in [0.25, 0.3) is 0 Å². The molecule has 1 atom stereocenters. The molecule has 3 heteroatoms. The van der Waals surface area contributed by atoms with Gasteiger partial charge in [-0.3, -0.25) is 0 Å². The lowest BCUT2D eigenvalue weighted by molar-refractivity contribution is 0.429. The van der Waals surface area contributed by atoms with E-state index in [1.807, 2.05) is 6.92 Å². The minimum absolute atomic E-state index is 0.0608. The molecule has 1 aliphatic rings. The number of hydrogen-bond acceptors (Lipinski definition) is 1. The van der Waals surface area contributed by atoms with Crippen LogP contribution in [0.15, 0.2) is 16.6 Å². The molecular weight excluding hydrogens is 257 g/mol. The monoisotopic (exact) mass is 271 g/mol. The van der Waals surface area contributed by atoms with Crippen molar-refractivity contribution in [3.63, 3.8) is 0 Å². The molecule has 1 N–H and O–H groups in total. The molecule has 0 aliphatic carbocycles. The van der Waals surface area contributed by atoms with E-state index in [0.29, 0.717) is 0 Å². The van der Waals surface area contributed by atoms with Crippen molar-refractivity contribution >= 4 is 15.9 Å². The van der Waals surface area contributed by atoms with Crippen LogP contribution < -0.4 is 5.32 Å². The van der Waals surface area contributed by atoms with Gasteiger partial charge in [-0.15, -0.1) is 0 Å². The third kappa shape index (κ3) is 1.95. The Morgan fingerprint density at radius 2 is 2.20 bits per heavy atom. The molecule has 0 amide bonds. The maximum Gasteiger partial charge on any atom is 0.124 e. The zero-order chi connectivity index (χ0) is 11.1. The van der Waals surface area contributed by atoms with Crippen LogP contribution in [0.5, 0.6) is 0 Å². The van der Waals surface area contributed by atoms with Crippen molar-refractivity contribution in [1.82, 2.24) is 5.32 Å². The van der Waals surface area contributed by atoms with Crippen LogP contribution in [0.2, 0.25) is 0 Å². The molecule has 0 aromatic heterocycles. The van der Waals surface area contributed by atoms with E-state index in [1.54, 1.807) is 6.07 Å². The summed E-state index contributed by atoms with van der Waals surface area (Å²) in [4.78, 5) is 0. The molecule has 2 rings (SSSR count). The van der Waals surface area contributed by atoms with Gasteiger partial charge in [-0.2, -0.15) is 0 Å². The fourth-order valence-corrected chi connectivity index (χ4v) is 2.78. The molecule has 1 aliphatic heterocycles. The lowest BCUT2D eigenvalue weighted by Crippen LogP contribution is -2.34. The van der Waals surface area contributed by atoms with Crippen LogP contribution in [0.3, 0.4) is 0 Å². The highest BCUT2D eigenvalue weighted by atomic mass is 79.9. The molecule has 0 saturated carbocycles. The lowest BCUT2D eigenvalue weighted by Gasteiger charge is -2.27. The first-order valence-corrected chi connectivity index (χ1v) is 6.03. The van der Waals surface area contributed by atoms with Crippen molar-refractivity contribution in [2.75, 3.05) is 6.54 Å². The first-order valence-electron chi connectivity index (χ1n) is 5.24. The molecule has 0 radical (unpaired) electrons. The SMILES string of the molecule is Cc1c(Br)cc(F)cc1C1(C)CCCN1. The zero-order valence-electron chi connectivity index (χ0n) is 9.03. The van der Waals surface area contributed by atoms with Gasteiger partial charge in [0.2, 0.25) is 0 Å². The maximum atomic E-state index is 13.4. The summed E-state index contributed by atoms with van der Waals surface area (Å²) in [5.74, 6) is -0.169. The van der Waals surface area contributed by atoms with Gasteiger partial charge in [0.25, 0.3) is 0 Å². The van der Waals surface area contributed by atoms with E-state index in [9.17, 15) is 4.39 Å². The number of benzene rings is 1. The fraction of sp³-hybridized carbons (Fsp3) is 0.500. The van der Waals surface area contributed by atoms with Crippen LogP contribution in [-0.4, -0.2) is 6.54 Å². The molecule has 0 spiro atoms. The summed E-state index contributed by atoms with van der Waals surface area (Å²) < 4.78 is 14.2. The van der Waals surface area contributed by atoms with Crippen molar-refractivity contribution in [2.45, 2.75) is 32.2 Å². The minimum atomic E-state index is -0.169. The molecule has 1 saturated heterocycles. The van der Waals surface area contributed by atoms with Crippen LogP contribution in [0.4, 0.5) is 4.39 Å². The first-order chi connectivity index (χ1) is 7.03. The lowest BCUT2D eigenvalue weighted by atomic mass is 9.87. The topological polar surface area (TPSA) is 12.0 Å². The normalized spacial score (nSPS) is 25.9. The first kappa shape index (κ1) is 11.1. The molecule has 15 heavy (non-hydrogen) atoms. The smallest absolute Gasteiger partial charge is 0.124 e. The van der Waals surface area contributed by atoms with E-state index < -0.39 is 0 Å². The Bertz CT molecular complexity index is 383. The van der Waals surface area contributed by atoms with Gasteiger partial charge in [0.1, 0.15) is 5.82 Å². The summed E-state index contributed by atoms with van der Waals surface area (Å²) in [6, 6.07) is 3.18. The van der Waals surface area contributed by atoms with E-state index in [1.165, 1.54) is 6.07 Å². The number of rotatable bonds is 1. The van der Waals surface area contributed by atoms with E-state index in [4.69, 9.17) is 0 Å². The standard InChI is InChI=1S/C12H15BrFN/c1-8-10(6-9(14)7-11(8)13)12(2)4-3-5-15-12/h6-7,15H,3-5H2,1-2H3. The van der Waals surface area contributed by atoms with Gasteiger partial charge in [-0.05, 0) is 56.5 Å². The second-order valence-electron chi connectivity index (χ2n) is 4.42. The van der Waals surface area contributed by atoms with Crippen molar-refractivity contribution in [1.29, 1.82) is 0 Å². The molecule has 0 bridgehead atoms. The molecule has 1 aromatic carbocycles. The average molecular weight is 272 g/mol. The predicted molar refractivity (Wildman–Crippen MR) is 63.4 cm³/mol. The van der Waals surface area contributed by atoms with Gasteiger partial charge < -0.3 is 5.32 Å². The molecule has 1 nitrogen and oxygen atoms in total. The molecule has 1 unspecified atom stereocenters. The van der Waals surface area contributed by atoms with Gasteiger partial charge in [-0.1, -0.05) is 15.9 Å². The van der Waals surface area contributed by atoms with E-state index >= 15 is 0 Å². The molecule has 82 valence electrons. The second-order valence-corrected chi connectivity index (χ2v) is 5.28. The number of hydrogen-bond donors (Lipinski definition) is 1. The Hall–Kier alpha value is -0.410. The van der Waals surface area contributed by atoms with E-state index in [2.05, 4.69) is 28.2 Å². The van der Waals surface area contributed by atoms with Crippen LogP contribution >= 0.6 is 15.9 Å². The van der Waals surface area contributed by atoms with Gasteiger partial charge in [0, 0.05) is 10.0 Å². The van der Waals surface area contributed by atoms with Crippen molar-refractivity contribution in [3.8, 4) is 0 Å². The quantitative estimate of drug-likeness (QED) is 0.825. The highest BCUT2D eigenvalue weighted by Crippen LogP contribution is 2.35. The predicted octanol–water partition coefficient (Wildman–Crippen LogP) is 3.50. The molecule has 1 aromatic rings. The Morgan fingerprint density at radius 3 is 2.80 bits per heavy atom. The third-order valence-corrected chi connectivity index (χ3v) is 4.10. The van der Waals surface area contributed by atoms with Gasteiger partial charge >= 0.3 is 0 Å². The Labute approximate surface area is 98.2 Å². The second kappa shape index (κ2) is 3.87. The third-order valence-electron chi connectivity index (χ3n) is 3.27. The maximum absolute atomic E-state index is 13.4. The fourth-order valence-electron chi connectivity index (χ4n) is 2.34. The van der Waals surface area contributed by atoms with Gasteiger partial charge in [0.15, 0.2) is 0 Å². The van der Waals surface area contributed by atoms with Crippen LogP contribution in [0.1, 0.15) is 30.9 Å². The Morgan fingerprint density at radius 1 is 1.47 bits per heavy atom. The van der Waals surface area contributed by atoms with Crippen molar-refractivity contribution in [3.05, 3.63) is 33.5 Å². The Balaban J connectivity index is 2.51. The van der Waals surface area contributed by atoms with E-state index in [0.717, 1.165) is 35.0 Å². The van der Waals surface area contributed by atoms with E-state index in [-0.39, 0.29) is 11.4 Å². The minimum Gasteiger partial charge on any atom is -0.308 e. The highest BCUT2D eigenvalue weighted by molar-refractivity contribution is 9.10. The van der Waals surface area contributed by atoms with Gasteiger partial charge in [0.05, 0.1) is 0 Å². The largest absolute Gasteiger partial charge is 0.308 e. The summed E-state index contributed by atoms with van der Waals surface area (Å²) in [7, 11) is 0. The average Bonchev–Trinajstić information content (AvgIpc) is 2.59. The van der Waals surface area contributed by atoms with Crippen LogP contribution in [-0.2, 0) is 5.54 Å². The van der Waals surface area contributed by atoms with Crippen molar-refractivity contribution < 1.29 is 4.39 Å². The van der Waals surface area contributed by atoms with Crippen LogP contribution in [0, 0.1) is 12.7 Å². The van der Waals surface area contributed by atoms with Gasteiger partial charge in [-0.25, -0.2) is 4.39 Å². The van der Waals surface area contributed by atoms with Crippen molar-refractivity contribution in [2.24, 2.45) is 0 Å². The summed E-state index contributed by atoms with van der Waals surface area (Å²) >= 11 is 3.40.